The van der Waals surface area contributed by atoms with Crippen LogP contribution in [0.3, 0.4) is 0 Å². The Morgan fingerprint density at radius 1 is 0.917 bits per heavy atom. The van der Waals surface area contributed by atoms with Gasteiger partial charge in [0.25, 0.3) is 5.91 Å². The van der Waals surface area contributed by atoms with Crippen molar-refractivity contribution >= 4 is 16.7 Å². The first-order valence-corrected chi connectivity index (χ1v) is 7.83. The fraction of sp³-hybridized carbons (Fsp3) is 0.150. The van der Waals surface area contributed by atoms with Crippen molar-refractivity contribution in [3.05, 3.63) is 83.7 Å². The first-order valence-electron chi connectivity index (χ1n) is 7.83. The normalized spacial score (nSPS) is 10.7. The third-order valence-corrected chi connectivity index (χ3v) is 3.76. The Balaban J connectivity index is 1.55. The number of benzene rings is 3. The van der Waals surface area contributed by atoms with Gasteiger partial charge in [-0.3, -0.25) is 4.79 Å². The summed E-state index contributed by atoms with van der Waals surface area (Å²) in [7, 11) is 0. The topological polar surface area (TPSA) is 38.3 Å². The van der Waals surface area contributed by atoms with Crippen LogP contribution in [-0.2, 0) is 11.3 Å². The lowest BCUT2D eigenvalue weighted by molar-refractivity contribution is 0.0902. The molecule has 0 saturated heterocycles. The molecule has 0 radical (unpaired) electrons. The molecule has 0 aliphatic carbocycles. The van der Waals surface area contributed by atoms with Gasteiger partial charge >= 0.3 is 0 Å². The number of carbonyl (C=O) groups is 1. The van der Waals surface area contributed by atoms with Gasteiger partial charge in [-0.15, -0.1) is 0 Å². The zero-order valence-electron chi connectivity index (χ0n) is 13.2. The number of halogens is 1. The molecule has 0 saturated carbocycles. The van der Waals surface area contributed by atoms with Crippen LogP contribution >= 0.6 is 0 Å². The van der Waals surface area contributed by atoms with E-state index in [4.69, 9.17) is 4.74 Å². The van der Waals surface area contributed by atoms with Crippen molar-refractivity contribution in [2.75, 3.05) is 13.2 Å². The Labute approximate surface area is 140 Å². The van der Waals surface area contributed by atoms with Crippen LogP contribution in [-0.4, -0.2) is 19.1 Å². The van der Waals surface area contributed by atoms with Crippen molar-refractivity contribution in [3.8, 4) is 0 Å². The Kier molecular flexibility index (Phi) is 5.18. The lowest BCUT2D eigenvalue weighted by atomic mass is 10.0. The molecule has 0 aliphatic rings. The molecular weight excluding hydrogens is 305 g/mol. The van der Waals surface area contributed by atoms with Crippen LogP contribution in [0.5, 0.6) is 0 Å². The zero-order chi connectivity index (χ0) is 16.8. The molecule has 3 aromatic carbocycles. The zero-order valence-corrected chi connectivity index (χ0v) is 13.2. The number of amides is 1. The van der Waals surface area contributed by atoms with Crippen LogP contribution in [0.2, 0.25) is 0 Å². The number of ether oxygens (including phenoxy) is 1. The SMILES string of the molecule is O=C(NCCOCc1ccccc1)c1ccc(F)c2ccccc12. The third kappa shape index (κ3) is 3.78. The molecule has 0 spiro atoms. The maximum absolute atomic E-state index is 13.8. The van der Waals surface area contributed by atoms with E-state index in [1.54, 1.807) is 24.3 Å². The number of carbonyl (C=O) groups excluding carboxylic acids is 1. The second kappa shape index (κ2) is 7.70. The second-order valence-corrected chi connectivity index (χ2v) is 5.43. The van der Waals surface area contributed by atoms with E-state index in [0.29, 0.717) is 36.1 Å². The molecule has 1 amide bonds. The standard InChI is InChI=1S/C20H18FNO2/c21-19-11-10-18(16-8-4-5-9-17(16)19)20(23)22-12-13-24-14-15-6-2-1-3-7-15/h1-11H,12-14H2,(H,22,23). The van der Waals surface area contributed by atoms with Crippen molar-refractivity contribution in [3.63, 3.8) is 0 Å². The summed E-state index contributed by atoms with van der Waals surface area (Å²) < 4.78 is 19.3. The van der Waals surface area contributed by atoms with Gasteiger partial charge < -0.3 is 10.1 Å². The quantitative estimate of drug-likeness (QED) is 0.698. The summed E-state index contributed by atoms with van der Waals surface area (Å²) in [6.45, 7) is 1.33. The highest BCUT2D eigenvalue weighted by Gasteiger charge is 2.11. The highest BCUT2D eigenvalue weighted by molar-refractivity contribution is 6.07. The monoisotopic (exact) mass is 323 g/mol. The van der Waals surface area contributed by atoms with Crippen molar-refractivity contribution in [2.24, 2.45) is 0 Å². The average Bonchev–Trinajstić information content (AvgIpc) is 2.63. The van der Waals surface area contributed by atoms with Crippen molar-refractivity contribution < 1.29 is 13.9 Å². The van der Waals surface area contributed by atoms with Gasteiger partial charge in [0.15, 0.2) is 0 Å². The number of rotatable bonds is 6. The highest BCUT2D eigenvalue weighted by Crippen LogP contribution is 2.21. The molecule has 4 heteroatoms. The third-order valence-electron chi connectivity index (χ3n) is 3.76. The minimum Gasteiger partial charge on any atom is -0.375 e. The fourth-order valence-electron chi connectivity index (χ4n) is 2.56. The molecule has 24 heavy (non-hydrogen) atoms. The summed E-state index contributed by atoms with van der Waals surface area (Å²) in [6.07, 6.45) is 0. The number of fused-ring (bicyclic) bond motifs is 1. The summed E-state index contributed by atoms with van der Waals surface area (Å²) >= 11 is 0. The molecule has 0 bridgehead atoms. The lowest BCUT2D eigenvalue weighted by Gasteiger charge is -2.09. The first kappa shape index (κ1) is 16.1. The van der Waals surface area contributed by atoms with Crippen LogP contribution < -0.4 is 5.32 Å². The van der Waals surface area contributed by atoms with Crippen LogP contribution in [0, 0.1) is 5.82 Å². The molecule has 3 aromatic rings. The maximum Gasteiger partial charge on any atom is 0.251 e. The number of hydrogen-bond acceptors (Lipinski definition) is 2. The lowest BCUT2D eigenvalue weighted by Crippen LogP contribution is -2.27. The maximum atomic E-state index is 13.8. The van der Waals surface area contributed by atoms with Gasteiger partial charge in [0.2, 0.25) is 0 Å². The van der Waals surface area contributed by atoms with Gasteiger partial charge in [0.05, 0.1) is 13.2 Å². The van der Waals surface area contributed by atoms with Crippen LogP contribution in [0.4, 0.5) is 4.39 Å². The minimum absolute atomic E-state index is 0.227. The summed E-state index contributed by atoms with van der Waals surface area (Å²) in [5.41, 5.74) is 1.56. The Morgan fingerprint density at radius 2 is 1.62 bits per heavy atom. The predicted molar refractivity (Wildman–Crippen MR) is 92.3 cm³/mol. The first-order chi connectivity index (χ1) is 11.8. The average molecular weight is 323 g/mol. The van der Waals surface area contributed by atoms with Gasteiger partial charge in [-0.25, -0.2) is 4.39 Å². The van der Waals surface area contributed by atoms with E-state index >= 15 is 0 Å². The molecule has 0 aromatic heterocycles. The molecule has 0 aliphatic heterocycles. The van der Waals surface area contributed by atoms with Crippen molar-refractivity contribution in [1.82, 2.24) is 5.32 Å². The van der Waals surface area contributed by atoms with E-state index in [-0.39, 0.29) is 11.7 Å². The summed E-state index contributed by atoms with van der Waals surface area (Å²) in [4.78, 5) is 12.3. The number of nitrogens with one attached hydrogen (secondary N) is 1. The Bertz CT molecular complexity index is 833. The Hall–Kier alpha value is -2.72. The summed E-state index contributed by atoms with van der Waals surface area (Å²) in [5, 5.41) is 3.87. The van der Waals surface area contributed by atoms with Gasteiger partial charge in [0.1, 0.15) is 5.82 Å². The highest BCUT2D eigenvalue weighted by atomic mass is 19.1. The largest absolute Gasteiger partial charge is 0.375 e. The van der Waals surface area contributed by atoms with Gasteiger partial charge in [0, 0.05) is 17.5 Å². The van der Waals surface area contributed by atoms with Crippen molar-refractivity contribution in [1.29, 1.82) is 0 Å². The van der Waals surface area contributed by atoms with Crippen molar-refractivity contribution in [2.45, 2.75) is 6.61 Å². The molecule has 3 rings (SSSR count). The molecule has 3 nitrogen and oxygen atoms in total. The molecule has 122 valence electrons. The van der Waals surface area contributed by atoms with E-state index in [2.05, 4.69) is 5.32 Å². The van der Waals surface area contributed by atoms with Gasteiger partial charge in [-0.2, -0.15) is 0 Å². The van der Waals surface area contributed by atoms with Crippen LogP contribution in [0.25, 0.3) is 10.8 Å². The smallest absolute Gasteiger partial charge is 0.251 e. The molecule has 0 fully saturated rings. The molecular formula is C20H18FNO2. The fourth-order valence-corrected chi connectivity index (χ4v) is 2.56. The van der Waals surface area contributed by atoms with E-state index in [9.17, 15) is 9.18 Å². The second-order valence-electron chi connectivity index (χ2n) is 5.43. The molecule has 0 heterocycles. The van der Waals surface area contributed by atoms with Gasteiger partial charge in [-0.05, 0) is 23.1 Å². The van der Waals surface area contributed by atoms with E-state index < -0.39 is 0 Å². The molecule has 0 atom stereocenters. The van der Waals surface area contributed by atoms with E-state index in [1.165, 1.54) is 12.1 Å². The molecule has 0 unspecified atom stereocenters. The summed E-state index contributed by atoms with van der Waals surface area (Å²) in [6, 6.07) is 19.7. The van der Waals surface area contributed by atoms with Crippen LogP contribution in [0.15, 0.2) is 66.7 Å². The van der Waals surface area contributed by atoms with E-state index in [1.807, 2.05) is 30.3 Å². The number of hydrogen-bond donors (Lipinski definition) is 1. The predicted octanol–water partition coefficient (Wildman–Crippen LogP) is 3.93. The van der Waals surface area contributed by atoms with Crippen LogP contribution in [0.1, 0.15) is 15.9 Å². The van der Waals surface area contributed by atoms with Gasteiger partial charge in [-0.1, -0.05) is 54.6 Å². The summed E-state index contributed by atoms with van der Waals surface area (Å²) in [5.74, 6) is -0.553. The minimum atomic E-state index is -0.326. The molecule has 1 N–H and O–H groups in total. The van der Waals surface area contributed by atoms with E-state index in [0.717, 1.165) is 5.56 Å². The Morgan fingerprint density at radius 3 is 2.42 bits per heavy atom.